The van der Waals surface area contributed by atoms with Crippen molar-refractivity contribution in [3.8, 4) is 0 Å². The predicted molar refractivity (Wildman–Crippen MR) is 73.5 cm³/mol. The number of halogens is 1. The molecule has 0 heterocycles. The van der Waals surface area contributed by atoms with Crippen molar-refractivity contribution in [3.05, 3.63) is 34.9 Å². The molecule has 0 saturated heterocycles. The number of hydrogen-bond acceptors (Lipinski definition) is 2. The maximum absolute atomic E-state index is 12.2. The first kappa shape index (κ1) is 13.1. The molecule has 0 radical (unpaired) electrons. The second-order valence-electron chi connectivity index (χ2n) is 4.70. The van der Waals surface area contributed by atoms with Crippen LogP contribution in [0.1, 0.15) is 31.2 Å². The van der Waals surface area contributed by atoms with Gasteiger partial charge >= 0.3 is 0 Å². The fourth-order valence-electron chi connectivity index (χ4n) is 2.28. The molecule has 2 N–H and O–H groups in total. The van der Waals surface area contributed by atoms with Gasteiger partial charge in [-0.25, -0.2) is 0 Å². The molecule has 0 amide bonds. The summed E-state index contributed by atoms with van der Waals surface area (Å²) >= 11 is 5.82. The summed E-state index contributed by atoms with van der Waals surface area (Å²) in [6.07, 6.45) is 4.14. The minimum absolute atomic E-state index is 0.239. The van der Waals surface area contributed by atoms with Crippen molar-refractivity contribution < 1.29 is 4.21 Å². The van der Waals surface area contributed by atoms with E-state index in [9.17, 15) is 4.21 Å². The van der Waals surface area contributed by atoms with E-state index in [1.807, 2.05) is 24.3 Å². The van der Waals surface area contributed by atoms with E-state index in [-0.39, 0.29) is 11.3 Å². The summed E-state index contributed by atoms with van der Waals surface area (Å²) in [5.41, 5.74) is 7.01. The molecular weight excluding hydrogens is 254 g/mol. The zero-order chi connectivity index (χ0) is 12.3. The van der Waals surface area contributed by atoms with Gasteiger partial charge in [0, 0.05) is 32.9 Å². The molecule has 1 aromatic rings. The Bertz CT molecular complexity index is 393. The molecule has 0 aromatic heterocycles. The van der Waals surface area contributed by atoms with E-state index < -0.39 is 10.8 Å². The van der Waals surface area contributed by atoms with Gasteiger partial charge < -0.3 is 5.73 Å². The van der Waals surface area contributed by atoms with Gasteiger partial charge in [0.25, 0.3) is 0 Å². The van der Waals surface area contributed by atoms with Gasteiger partial charge in [0.05, 0.1) is 0 Å². The number of rotatable bonds is 3. The molecule has 0 bridgehead atoms. The van der Waals surface area contributed by atoms with Crippen LogP contribution in [0.4, 0.5) is 0 Å². The van der Waals surface area contributed by atoms with Crippen molar-refractivity contribution in [3.63, 3.8) is 0 Å². The van der Waals surface area contributed by atoms with E-state index in [0.717, 1.165) is 36.3 Å². The van der Waals surface area contributed by atoms with Gasteiger partial charge in [-0.05, 0) is 37.0 Å². The molecule has 1 fully saturated rings. The Morgan fingerprint density at radius 3 is 2.65 bits per heavy atom. The van der Waals surface area contributed by atoms with Crippen molar-refractivity contribution in [1.29, 1.82) is 0 Å². The van der Waals surface area contributed by atoms with Crippen LogP contribution >= 0.6 is 11.6 Å². The van der Waals surface area contributed by atoms with E-state index in [1.165, 1.54) is 0 Å². The SMILES string of the molecule is NC1CCCC(S(=O)Cc2ccc(Cl)cc2)C1. The van der Waals surface area contributed by atoms with Gasteiger partial charge in [0.1, 0.15) is 0 Å². The van der Waals surface area contributed by atoms with Crippen molar-refractivity contribution in [1.82, 2.24) is 0 Å². The molecule has 0 aliphatic heterocycles. The van der Waals surface area contributed by atoms with Crippen molar-refractivity contribution in [2.45, 2.75) is 42.7 Å². The Morgan fingerprint density at radius 2 is 2.00 bits per heavy atom. The van der Waals surface area contributed by atoms with Crippen LogP contribution in [0.25, 0.3) is 0 Å². The highest BCUT2D eigenvalue weighted by Gasteiger charge is 2.24. The van der Waals surface area contributed by atoms with Crippen molar-refractivity contribution in [2.75, 3.05) is 0 Å². The highest BCUT2D eigenvalue weighted by atomic mass is 35.5. The van der Waals surface area contributed by atoms with Crippen molar-refractivity contribution >= 4 is 22.4 Å². The molecule has 3 unspecified atom stereocenters. The summed E-state index contributed by atoms with van der Waals surface area (Å²) in [6.45, 7) is 0. The topological polar surface area (TPSA) is 43.1 Å². The first-order valence-electron chi connectivity index (χ1n) is 6.02. The molecule has 1 saturated carbocycles. The summed E-state index contributed by atoms with van der Waals surface area (Å²) in [5.74, 6) is 0.620. The number of hydrogen-bond donors (Lipinski definition) is 1. The highest BCUT2D eigenvalue weighted by Crippen LogP contribution is 2.23. The van der Waals surface area contributed by atoms with Crippen molar-refractivity contribution in [2.24, 2.45) is 5.73 Å². The zero-order valence-corrected chi connectivity index (χ0v) is 11.3. The van der Waals surface area contributed by atoms with Gasteiger partial charge in [-0.2, -0.15) is 0 Å². The van der Waals surface area contributed by atoms with Crippen LogP contribution in [0.2, 0.25) is 5.02 Å². The van der Waals surface area contributed by atoms with Gasteiger partial charge in [0.15, 0.2) is 0 Å². The molecule has 94 valence electrons. The van der Waals surface area contributed by atoms with Crippen LogP contribution in [0.15, 0.2) is 24.3 Å². The predicted octanol–water partition coefficient (Wildman–Crippen LogP) is 2.86. The summed E-state index contributed by atoms with van der Waals surface area (Å²) in [5, 5.41) is 0.994. The third kappa shape index (κ3) is 3.80. The molecule has 4 heteroatoms. The summed E-state index contributed by atoms with van der Waals surface area (Å²) < 4.78 is 12.2. The van der Waals surface area contributed by atoms with Gasteiger partial charge in [-0.3, -0.25) is 4.21 Å². The monoisotopic (exact) mass is 271 g/mol. The lowest BCUT2D eigenvalue weighted by molar-refractivity contribution is 0.444. The third-order valence-corrected chi connectivity index (χ3v) is 5.30. The molecule has 0 spiro atoms. The Balaban J connectivity index is 1.94. The first-order valence-corrected chi connectivity index (χ1v) is 7.78. The average molecular weight is 272 g/mol. The van der Waals surface area contributed by atoms with Crippen LogP contribution in [-0.4, -0.2) is 15.5 Å². The van der Waals surface area contributed by atoms with E-state index in [0.29, 0.717) is 5.75 Å². The molecular formula is C13H18ClNOS. The smallest absolute Gasteiger partial charge is 0.0488 e. The van der Waals surface area contributed by atoms with Crippen LogP contribution in [-0.2, 0) is 16.6 Å². The van der Waals surface area contributed by atoms with Gasteiger partial charge in [0.2, 0.25) is 0 Å². The standard InChI is InChI=1S/C13H18ClNOS/c14-11-6-4-10(5-7-11)9-17(16)13-3-1-2-12(15)8-13/h4-7,12-13H,1-3,8-9,15H2. The van der Waals surface area contributed by atoms with Gasteiger partial charge in [-0.1, -0.05) is 30.2 Å². The molecule has 1 aliphatic carbocycles. The second kappa shape index (κ2) is 5.98. The first-order chi connectivity index (χ1) is 8.15. The Kier molecular flexibility index (Phi) is 4.60. The number of nitrogens with two attached hydrogens (primary N) is 1. The Labute approximate surface area is 110 Å². The number of benzene rings is 1. The lowest BCUT2D eigenvalue weighted by Gasteiger charge is -2.25. The normalized spacial score (nSPS) is 26.7. The summed E-state index contributed by atoms with van der Waals surface area (Å²) in [6, 6.07) is 7.83. The van der Waals surface area contributed by atoms with E-state index in [2.05, 4.69) is 0 Å². The Morgan fingerprint density at radius 1 is 1.29 bits per heavy atom. The fourth-order valence-corrected chi connectivity index (χ4v) is 4.06. The zero-order valence-electron chi connectivity index (χ0n) is 9.77. The van der Waals surface area contributed by atoms with Crippen LogP contribution < -0.4 is 5.73 Å². The summed E-state index contributed by atoms with van der Waals surface area (Å²) in [4.78, 5) is 0. The van der Waals surface area contributed by atoms with E-state index in [1.54, 1.807) is 0 Å². The average Bonchev–Trinajstić information content (AvgIpc) is 2.32. The molecule has 2 nitrogen and oxygen atoms in total. The lowest BCUT2D eigenvalue weighted by atomic mass is 9.96. The minimum Gasteiger partial charge on any atom is -0.328 e. The largest absolute Gasteiger partial charge is 0.328 e. The van der Waals surface area contributed by atoms with Crippen LogP contribution in [0.3, 0.4) is 0 Å². The Hall–Kier alpha value is -0.380. The molecule has 17 heavy (non-hydrogen) atoms. The molecule has 2 rings (SSSR count). The van der Waals surface area contributed by atoms with Gasteiger partial charge in [-0.15, -0.1) is 0 Å². The maximum Gasteiger partial charge on any atom is 0.0488 e. The maximum atomic E-state index is 12.2. The van der Waals surface area contributed by atoms with E-state index >= 15 is 0 Å². The quantitative estimate of drug-likeness (QED) is 0.919. The molecule has 3 atom stereocenters. The van der Waals surface area contributed by atoms with Crippen LogP contribution in [0.5, 0.6) is 0 Å². The third-order valence-electron chi connectivity index (χ3n) is 3.26. The second-order valence-corrected chi connectivity index (χ2v) is 6.85. The lowest BCUT2D eigenvalue weighted by Crippen LogP contribution is -2.33. The highest BCUT2D eigenvalue weighted by molar-refractivity contribution is 7.84. The fraction of sp³-hybridized carbons (Fsp3) is 0.538. The summed E-state index contributed by atoms with van der Waals surface area (Å²) in [7, 11) is -0.808. The molecule has 1 aliphatic rings. The minimum atomic E-state index is -0.808. The molecule has 1 aromatic carbocycles. The van der Waals surface area contributed by atoms with E-state index in [4.69, 9.17) is 17.3 Å². The van der Waals surface area contributed by atoms with Crippen LogP contribution in [0, 0.1) is 0 Å².